The van der Waals surface area contributed by atoms with Crippen LogP contribution in [0.3, 0.4) is 0 Å². The Morgan fingerprint density at radius 2 is 2.17 bits per heavy atom. The molecule has 1 saturated heterocycles. The van der Waals surface area contributed by atoms with Gasteiger partial charge < -0.3 is 15.3 Å². The molecule has 1 aromatic rings. The summed E-state index contributed by atoms with van der Waals surface area (Å²) in [5, 5.41) is 22.9. The molecule has 2 aliphatic rings. The molecular formula is C18H25N3O2S. The minimum Gasteiger partial charge on any atom is -0.392 e. The maximum atomic E-state index is 12.3. The normalized spacial score (nSPS) is 21.6. The van der Waals surface area contributed by atoms with Gasteiger partial charge in [-0.15, -0.1) is 11.3 Å². The first kappa shape index (κ1) is 17.4. The van der Waals surface area contributed by atoms with E-state index in [2.05, 4.69) is 16.3 Å². The molecule has 0 saturated carbocycles. The van der Waals surface area contributed by atoms with Crippen LogP contribution in [0, 0.1) is 11.3 Å². The highest BCUT2D eigenvalue weighted by atomic mass is 32.1. The monoisotopic (exact) mass is 347 g/mol. The molecule has 0 aromatic carbocycles. The van der Waals surface area contributed by atoms with E-state index in [-0.39, 0.29) is 12.0 Å². The number of hydrogen-bond acceptors (Lipinski definition) is 5. The second kappa shape index (κ2) is 8.11. The number of piperidine rings is 1. The molecule has 1 aromatic heterocycles. The zero-order valence-corrected chi connectivity index (χ0v) is 14.8. The second-order valence-corrected chi connectivity index (χ2v) is 7.88. The van der Waals surface area contributed by atoms with E-state index in [1.165, 1.54) is 17.7 Å². The Balaban J connectivity index is 1.59. The second-order valence-electron chi connectivity index (χ2n) is 6.78. The van der Waals surface area contributed by atoms with Crippen LogP contribution in [-0.2, 0) is 17.6 Å². The summed E-state index contributed by atoms with van der Waals surface area (Å²) in [4.78, 5) is 15.7. The van der Waals surface area contributed by atoms with Gasteiger partial charge in [0.15, 0.2) is 0 Å². The quantitative estimate of drug-likeness (QED) is 0.821. The summed E-state index contributed by atoms with van der Waals surface area (Å²) in [7, 11) is 0. The van der Waals surface area contributed by atoms with Gasteiger partial charge in [0.2, 0.25) is 5.91 Å². The van der Waals surface area contributed by atoms with Crippen molar-refractivity contribution in [2.24, 2.45) is 0 Å². The van der Waals surface area contributed by atoms with Crippen LogP contribution < -0.4 is 5.32 Å². The molecule has 1 fully saturated rings. The standard InChI is InChI=1S/C18H25N3O2S/c19-11-15-14-6-2-1-3-7-16(14)24-18(15)20-17(23)8-10-21-9-4-5-13(22)12-21/h13,22H,1-10,12H2,(H,20,23). The van der Waals surface area contributed by atoms with Crippen molar-refractivity contribution < 1.29 is 9.90 Å². The topological polar surface area (TPSA) is 76.4 Å². The van der Waals surface area contributed by atoms with Gasteiger partial charge in [-0.2, -0.15) is 5.26 Å². The molecule has 1 amide bonds. The number of thiophene rings is 1. The molecule has 1 atom stereocenters. The summed E-state index contributed by atoms with van der Waals surface area (Å²) in [5.41, 5.74) is 1.84. The van der Waals surface area contributed by atoms with Crippen molar-refractivity contribution in [3.05, 3.63) is 16.0 Å². The number of anilines is 1. The average molecular weight is 347 g/mol. The van der Waals surface area contributed by atoms with Crippen LogP contribution in [0.2, 0.25) is 0 Å². The fourth-order valence-electron chi connectivity index (χ4n) is 3.63. The Labute approximate surface area is 147 Å². The fourth-order valence-corrected chi connectivity index (χ4v) is 4.89. The van der Waals surface area contributed by atoms with E-state index in [4.69, 9.17) is 0 Å². The third kappa shape index (κ3) is 4.15. The minimum atomic E-state index is -0.264. The van der Waals surface area contributed by atoms with Gasteiger partial charge >= 0.3 is 0 Å². The number of aliphatic hydroxyl groups is 1. The molecule has 24 heavy (non-hydrogen) atoms. The number of rotatable bonds is 4. The number of aliphatic hydroxyl groups excluding tert-OH is 1. The van der Waals surface area contributed by atoms with Crippen molar-refractivity contribution in [3.8, 4) is 6.07 Å². The van der Waals surface area contributed by atoms with E-state index in [0.29, 0.717) is 25.1 Å². The number of β-amino-alcohol motifs (C(OH)–C–C–N with tert-alkyl or cyclic N) is 1. The number of fused-ring (bicyclic) bond motifs is 1. The van der Waals surface area contributed by atoms with Crippen LogP contribution in [0.15, 0.2) is 0 Å². The van der Waals surface area contributed by atoms with Crippen molar-refractivity contribution >= 4 is 22.2 Å². The van der Waals surface area contributed by atoms with Gasteiger partial charge in [0, 0.05) is 24.4 Å². The molecule has 3 rings (SSSR count). The average Bonchev–Trinajstić information content (AvgIpc) is 2.73. The van der Waals surface area contributed by atoms with Crippen LogP contribution in [-0.4, -0.2) is 41.7 Å². The smallest absolute Gasteiger partial charge is 0.226 e. The number of likely N-dealkylation sites (tertiary alicyclic amines) is 1. The number of hydrogen-bond donors (Lipinski definition) is 2. The molecule has 1 aliphatic carbocycles. The van der Waals surface area contributed by atoms with E-state index < -0.39 is 0 Å². The Morgan fingerprint density at radius 1 is 1.33 bits per heavy atom. The lowest BCUT2D eigenvalue weighted by Gasteiger charge is -2.29. The maximum absolute atomic E-state index is 12.3. The van der Waals surface area contributed by atoms with E-state index in [1.54, 1.807) is 11.3 Å². The Hall–Kier alpha value is -1.42. The van der Waals surface area contributed by atoms with Crippen LogP contribution in [0.1, 0.15) is 54.5 Å². The SMILES string of the molecule is N#Cc1c(NC(=O)CCN2CCCC(O)C2)sc2c1CCCCC2. The number of nitriles is 1. The number of nitrogens with zero attached hydrogens (tertiary/aromatic N) is 2. The number of aryl methyl sites for hydroxylation is 1. The molecule has 130 valence electrons. The van der Waals surface area contributed by atoms with Crippen LogP contribution in [0.25, 0.3) is 0 Å². The third-order valence-electron chi connectivity index (χ3n) is 4.92. The molecule has 0 bridgehead atoms. The van der Waals surface area contributed by atoms with Crippen LogP contribution in [0.4, 0.5) is 5.00 Å². The van der Waals surface area contributed by atoms with E-state index in [9.17, 15) is 15.2 Å². The first-order chi connectivity index (χ1) is 11.7. The molecule has 5 nitrogen and oxygen atoms in total. The first-order valence-electron chi connectivity index (χ1n) is 8.92. The van der Waals surface area contributed by atoms with Gasteiger partial charge in [0.1, 0.15) is 11.1 Å². The summed E-state index contributed by atoms with van der Waals surface area (Å²) in [6.07, 6.45) is 7.47. The van der Waals surface area contributed by atoms with Gasteiger partial charge in [0.25, 0.3) is 0 Å². The molecule has 1 unspecified atom stereocenters. The molecule has 0 spiro atoms. The lowest BCUT2D eigenvalue weighted by atomic mass is 10.1. The Bertz CT molecular complexity index is 635. The lowest BCUT2D eigenvalue weighted by molar-refractivity contribution is -0.116. The van der Waals surface area contributed by atoms with E-state index >= 15 is 0 Å². The van der Waals surface area contributed by atoms with Crippen molar-refractivity contribution in [1.29, 1.82) is 5.26 Å². The highest BCUT2D eigenvalue weighted by Crippen LogP contribution is 2.37. The van der Waals surface area contributed by atoms with Crippen LogP contribution in [0.5, 0.6) is 0 Å². The van der Waals surface area contributed by atoms with Gasteiger partial charge in [-0.1, -0.05) is 6.42 Å². The lowest BCUT2D eigenvalue weighted by Crippen LogP contribution is -2.39. The van der Waals surface area contributed by atoms with Crippen molar-refractivity contribution in [2.75, 3.05) is 25.0 Å². The van der Waals surface area contributed by atoms with Crippen LogP contribution >= 0.6 is 11.3 Å². The largest absolute Gasteiger partial charge is 0.392 e. The maximum Gasteiger partial charge on any atom is 0.226 e. The van der Waals surface area contributed by atoms with Gasteiger partial charge in [-0.25, -0.2) is 0 Å². The third-order valence-corrected chi connectivity index (χ3v) is 6.13. The van der Waals surface area contributed by atoms with E-state index in [0.717, 1.165) is 49.2 Å². The van der Waals surface area contributed by atoms with Gasteiger partial charge in [-0.05, 0) is 50.6 Å². The first-order valence-corrected chi connectivity index (χ1v) is 9.74. The number of carbonyl (C=O) groups is 1. The number of nitrogens with one attached hydrogen (secondary N) is 1. The van der Waals surface area contributed by atoms with Gasteiger partial charge in [-0.3, -0.25) is 4.79 Å². The van der Waals surface area contributed by atoms with Crippen molar-refractivity contribution in [1.82, 2.24) is 4.90 Å². The van der Waals surface area contributed by atoms with Crippen molar-refractivity contribution in [3.63, 3.8) is 0 Å². The predicted octanol–water partition coefficient (Wildman–Crippen LogP) is 2.67. The summed E-state index contributed by atoms with van der Waals surface area (Å²) in [6, 6.07) is 2.30. The molecule has 6 heteroatoms. The highest BCUT2D eigenvalue weighted by Gasteiger charge is 2.22. The van der Waals surface area contributed by atoms with Gasteiger partial charge in [0.05, 0.1) is 11.7 Å². The number of amides is 1. The predicted molar refractivity (Wildman–Crippen MR) is 95.2 cm³/mol. The van der Waals surface area contributed by atoms with Crippen molar-refractivity contribution in [2.45, 2.75) is 57.5 Å². The Morgan fingerprint density at radius 3 is 2.96 bits per heavy atom. The summed E-state index contributed by atoms with van der Waals surface area (Å²) >= 11 is 1.58. The molecule has 1 aliphatic heterocycles. The molecule has 2 N–H and O–H groups in total. The molecular weight excluding hydrogens is 322 g/mol. The van der Waals surface area contributed by atoms with E-state index in [1.807, 2.05) is 0 Å². The molecule has 2 heterocycles. The molecule has 0 radical (unpaired) electrons. The summed E-state index contributed by atoms with van der Waals surface area (Å²) in [5.74, 6) is -0.0389. The minimum absolute atomic E-state index is 0.0389. The zero-order valence-electron chi connectivity index (χ0n) is 14.0. The summed E-state index contributed by atoms with van der Waals surface area (Å²) in [6.45, 7) is 2.26. The zero-order chi connectivity index (χ0) is 16.9. The number of carbonyl (C=O) groups excluding carboxylic acids is 1. The fraction of sp³-hybridized carbons (Fsp3) is 0.667. The Kier molecular flexibility index (Phi) is 5.88. The summed E-state index contributed by atoms with van der Waals surface area (Å²) < 4.78 is 0. The highest BCUT2D eigenvalue weighted by molar-refractivity contribution is 7.16.